The molecule has 0 spiro atoms. The van der Waals surface area contributed by atoms with Gasteiger partial charge in [0.2, 0.25) is 0 Å². The zero-order chi connectivity index (χ0) is 19.5. The van der Waals surface area contributed by atoms with Gasteiger partial charge in [-0.1, -0.05) is 23.7 Å². The fraction of sp³-hybridized carbons (Fsp3) is 0.579. The van der Waals surface area contributed by atoms with Crippen LogP contribution in [0.3, 0.4) is 0 Å². The summed E-state index contributed by atoms with van der Waals surface area (Å²) in [4.78, 5) is 19.2. The maximum absolute atomic E-state index is 12.1. The summed E-state index contributed by atoms with van der Waals surface area (Å²) >= 11 is 6.04. The van der Waals surface area contributed by atoms with E-state index in [9.17, 15) is 4.79 Å². The van der Waals surface area contributed by atoms with Crippen molar-refractivity contribution in [1.82, 2.24) is 20.9 Å². The first-order valence-corrected chi connectivity index (χ1v) is 9.86. The molecule has 1 heterocycles. The van der Waals surface area contributed by atoms with Gasteiger partial charge in [-0.05, 0) is 26.0 Å². The number of nitrogens with one attached hydrogen (secondary N) is 3. The van der Waals surface area contributed by atoms with Crippen LogP contribution in [0.15, 0.2) is 29.3 Å². The van der Waals surface area contributed by atoms with E-state index in [-0.39, 0.29) is 5.91 Å². The number of morpholine rings is 1. The number of hydrogen-bond acceptors (Lipinski definition) is 4. The first kappa shape index (κ1) is 21.5. The fourth-order valence-electron chi connectivity index (χ4n) is 2.80. The predicted octanol–water partition coefficient (Wildman–Crippen LogP) is 1.35. The van der Waals surface area contributed by atoms with E-state index < -0.39 is 0 Å². The average molecular weight is 396 g/mol. The number of aliphatic imine (C=N–C) groups is 1. The highest BCUT2D eigenvalue weighted by atomic mass is 35.5. The van der Waals surface area contributed by atoms with Crippen molar-refractivity contribution in [3.8, 4) is 0 Å². The van der Waals surface area contributed by atoms with Crippen molar-refractivity contribution in [2.75, 3.05) is 52.5 Å². The van der Waals surface area contributed by atoms with Gasteiger partial charge >= 0.3 is 0 Å². The Morgan fingerprint density at radius 3 is 2.63 bits per heavy atom. The number of ether oxygens (including phenoxy) is 1. The molecule has 0 saturated carbocycles. The summed E-state index contributed by atoms with van der Waals surface area (Å²) in [6.45, 7) is 10.2. The van der Waals surface area contributed by atoms with Gasteiger partial charge in [-0.15, -0.1) is 0 Å². The van der Waals surface area contributed by atoms with E-state index in [0.29, 0.717) is 36.3 Å². The van der Waals surface area contributed by atoms with Crippen LogP contribution in [0, 0.1) is 0 Å². The van der Waals surface area contributed by atoms with E-state index >= 15 is 0 Å². The van der Waals surface area contributed by atoms with Gasteiger partial charge in [0.25, 0.3) is 5.91 Å². The molecule has 27 heavy (non-hydrogen) atoms. The molecule has 1 aromatic rings. The lowest BCUT2D eigenvalue weighted by Crippen LogP contribution is -2.45. The number of carbonyl (C=O) groups is 1. The lowest BCUT2D eigenvalue weighted by Gasteiger charge is -2.31. The maximum atomic E-state index is 12.1. The molecule has 150 valence electrons. The van der Waals surface area contributed by atoms with E-state index in [2.05, 4.69) is 32.8 Å². The van der Waals surface area contributed by atoms with Gasteiger partial charge in [0.15, 0.2) is 5.96 Å². The third-order valence-electron chi connectivity index (χ3n) is 4.35. The van der Waals surface area contributed by atoms with Crippen molar-refractivity contribution >= 4 is 23.5 Å². The van der Waals surface area contributed by atoms with Gasteiger partial charge in [-0.3, -0.25) is 14.7 Å². The summed E-state index contributed by atoms with van der Waals surface area (Å²) in [5, 5.41) is 9.80. The predicted molar refractivity (Wildman–Crippen MR) is 110 cm³/mol. The van der Waals surface area contributed by atoms with Crippen LogP contribution < -0.4 is 16.0 Å². The minimum atomic E-state index is -0.176. The summed E-state index contributed by atoms with van der Waals surface area (Å²) in [5.74, 6) is 0.579. The number of guanidine groups is 1. The largest absolute Gasteiger partial charge is 0.379 e. The smallest absolute Gasteiger partial charge is 0.252 e. The van der Waals surface area contributed by atoms with Crippen LogP contribution in [0.2, 0.25) is 5.02 Å². The Morgan fingerprint density at radius 2 is 1.93 bits per heavy atom. The van der Waals surface area contributed by atoms with Crippen LogP contribution in [0.1, 0.15) is 24.2 Å². The molecule has 1 unspecified atom stereocenters. The Morgan fingerprint density at radius 1 is 1.22 bits per heavy atom. The quantitative estimate of drug-likeness (QED) is 0.352. The molecule has 1 saturated heterocycles. The van der Waals surface area contributed by atoms with Crippen LogP contribution in [0.5, 0.6) is 0 Å². The van der Waals surface area contributed by atoms with Crippen molar-refractivity contribution in [2.24, 2.45) is 4.99 Å². The molecule has 0 bridgehead atoms. The summed E-state index contributed by atoms with van der Waals surface area (Å²) in [6.07, 6.45) is 0. The van der Waals surface area contributed by atoms with Crippen LogP contribution in [0.4, 0.5) is 0 Å². The van der Waals surface area contributed by atoms with Gasteiger partial charge in [0.05, 0.1) is 30.3 Å². The highest BCUT2D eigenvalue weighted by Crippen LogP contribution is 2.14. The molecule has 1 aromatic carbocycles. The van der Waals surface area contributed by atoms with Crippen molar-refractivity contribution in [1.29, 1.82) is 0 Å². The van der Waals surface area contributed by atoms with Crippen molar-refractivity contribution < 1.29 is 9.53 Å². The van der Waals surface area contributed by atoms with Crippen molar-refractivity contribution in [2.45, 2.75) is 19.9 Å². The maximum Gasteiger partial charge on any atom is 0.252 e. The zero-order valence-corrected chi connectivity index (χ0v) is 16.9. The second kappa shape index (κ2) is 11.8. The molecule has 1 aliphatic heterocycles. The number of halogens is 1. The SMILES string of the molecule is CCNC(=NCC(C)N1CCOCC1)NCCNC(=O)c1ccccc1Cl. The molecule has 3 N–H and O–H groups in total. The number of nitrogens with zero attached hydrogens (tertiary/aromatic N) is 2. The molecular weight excluding hydrogens is 366 g/mol. The Labute approximate surface area is 166 Å². The standard InChI is InChI=1S/C19H30ClN5O2/c1-3-21-19(24-14-15(2)25-10-12-27-13-11-25)23-9-8-22-18(26)16-6-4-5-7-17(16)20/h4-7,15H,3,8-14H2,1-2H3,(H,22,26)(H2,21,23,24). The minimum absolute atomic E-state index is 0.176. The molecule has 1 aliphatic rings. The summed E-state index contributed by atoms with van der Waals surface area (Å²) < 4.78 is 5.39. The molecule has 1 atom stereocenters. The van der Waals surface area contributed by atoms with E-state index in [1.165, 1.54) is 0 Å². The second-order valence-corrected chi connectivity index (χ2v) is 6.79. The Hall–Kier alpha value is -1.83. The molecule has 0 aliphatic carbocycles. The molecule has 1 fully saturated rings. The van der Waals surface area contributed by atoms with Crippen LogP contribution in [-0.4, -0.2) is 75.3 Å². The van der Waals surface area contributed by atoms with E-state index in [0.717, 1.165) is 38.8 Å². The van der Waals surface area contributed by atoms with Gasteiger partial charge in [0.1, 0.15) is 0 Å². The molecule has 0 radical (unpaired) electrons. The van der Waals surface area contributed by atoms with E-state index in [1.807, 2.05) is 6.92 Å². The lowest BCUT2D eigenvalue weighted by atomic mass is 10.2. The van der Waals surface area contributed by atoms with Crippen LogP contribution in [0.25, 0.3) is 0 Å². The number of amides is 1. The van der Waals surface area contributed by atoms with Gasteiger partial charge in [0, 0.05) is 38.8 Å². The summed E-state index contributed by atoms with van der Waals surface area (Å²) in [7, 11) is 0. The fourth-order valence-corrected chi connectivity index (χ4v) is 3.02. The average Bonchev–Trinajstić information content (AvgIpc) is 2.69. The topological polar surface area (TPSA) is 78.0 Å². The van der Waals surface area contributed by atoms with Gasteiger partial charge in [-0.25, -0.2) is 0 Å². The Bertz CT molecular complexity index is 620. The van der Waals surface area contributed by atoms with Crippen LogP contribution >= 0.6 is 11.6 Å². The molecule has 0 aromatic heterocycles. The van der Waals surface area contributed by atoms with Crippen molar-refractivity contribution in [3.63, 3.8) is 0 Å². The van der Waals surface area contributed by atoms with Crippen molar-refractivity contribution in [3.05, 3.63) is 34.9 Å². The highest BCUT2D eigenvalue weighted by Gasteiger charge is 2.16. The second-order valence-electron chi connectivity index (χ2n) is 6.38. The number of carbonyl (C=O) groups excluding carboxylic acids is 1. The van der Waals surface area contributed by atoms with Gasteiger partial charge in [-0.2, -0.15) is 0 Å². The number of benzene rings is 1. The summed E-state index contributed by atoms with van der Waals surface area (Å²) in [5.41, 5.74) is 0.485. The monoisotopic (exact) mass is 395 g/mol. The highest BCUT2D eigenvalue weighted by molar-refractivity contribution is 6.33. The number of rotatable bonds is 8. The lowest BCUT2D eigenvalue weighted by molar-refractivity contribution is 0.0220. The van der Waals surface area contributed by atoms with E-state index in [1.54, 1.807) is 24.3 Å². The molecular formula is C19H30ClN5O2. The third-order valence-corrected chi connectivity index (χ3v) is 4.68. The molecule has 8 heteroatoms. The third kappa shape index (κ3) is 7.36. The molecule has 1 amide bonds. The number of hydrogen-bond donors (Lipinski definition) is 3. The zero-order valence-electron chi connectivity index (χ0n) is 16.1. The van der Waals surface area contributed by atoms with Crippen LogP contribution in [-0.2, 0) is 4.74 Å². The van der Waals surface area contributed by atoms with Gasteiger partial charge < -0.3 is 20.7 Å². The van der Waals surface area contributed by atoms with E-state index in [4.69, 9.17) is 16.3 Å². The normalized spacial score (nSPS) is 16.6. The first-order chi connectivity index (χ1) is 13.1. The Kier molecular flexibility index (Phi) is 9.38. The minimum Gasteiger partial charge on any atom is -0.379 e. The summed E-state index contributed by atoms with van der Waals surface area (Å²) in [6, 6.07) is 7.39. The molecule has 2 rings (SSSR count). The Balaban J connectivity index is 1.74. The first-order valence-electron chi connectivity index (χ1n) is 9.48. The molecule has 7 nitrogen and oxygen atoms in total.